The van der Waals surface area contributed by atoms with E-state index in [2.05, 4.69) is 17.9 Å². The van der Waals surface area contributed by atoms with Gasteiger partial charge in [0.1, 0.15) is 0 Å². The molecule has 1 heterocycles. The maximum Gasteiger partial charge on any atom is 0.0841 e. The Hall–Kier alpha value is -0.160. The fourth-order valence-electron chi connectivity index (χ4n) is 1.91. The number of epoxide rings is 1. The predicted octanol–water partition coefficient (Wildman–Crippen LogP) is 1.47. The minimum atomic E-state index is 0.563. The molecule has 1 aliphatic rings. The van der Waals surface area contributed by atoms with Crippen LogP contribution in [-0.2, 0) is 4.74 Å². The van der Waals surface area contributed by atoms with Gasteiger partial charge in [-0.05, 0) is 25.7 Å². The van der Waals surface area contributed by atoms with E-state index in [1.807, 2.05) is 0 Å². The average molecular weight is 215 g/mol. The van der Waals surface area contributed by atoms with Crippen LogP contribution in [0.2, 0.25) is 0 Å². The first kappa shape index (κ1) is 12.9. The molecule has 0 saturated carbocycles. The third-order valence-electron chi connectivity index (χ3n) is 2.92. The third-order valence-corrected chi connectivity index (χ3v) is 2.92. The average Bonchev–Trinajstić information content (AvgIpc) is 2.97. The highest BCUT2D eigenvalue weighted by atomic mass is 16.6. The van der Waals surface area contributed by atoms with E-state index >= 15 is 0 Å². The molecule has 1 aliphatic heterocycles. The molecule has 0 amide bonds. The van der Waals surface area contributed by atoms with Crippen molar-refractivity contribution in [2.24, 2.45) is 5.84 Å². The quantitative estimate of drug-likeness (QED) is 0.223. The molecule has 4 nitrogen and oxygen atoms in total. The van der Waals surface area contributed by atoms with Crippen molar-refractivity contribution in [3.8, 4) is 0 Å². The van der Waals surface area contributed by atoms with Crippen molar-refractivity contribution in [3.05, 3.63) is 0 Å². The van der Waals surface area contributed by atoms with Gasteiger partial charge in [0, 0.05) is 6.54 Å². The molecular weight excluding hydrogens is 190 g/mol. The molecule has 0 bridgehead atoms. The minimum absolute atomic E-state index is 0.563. The van der Waals surface area contributed by atoms with Crippen LogP contribution < -0.4 is 16.8 Å². The normalized spacial score (nSPS) is 24.4. The van der Waals surface area contributed by atoms with Gasteiger partial charge in [0.25, 0.3) is 0 Å². The SMILES string of the molecule is CCCCCC1OC1CCCCNNN. The van der Waals surface area contributed by atoms with Crippen LogP contribution in [-0.4, -0.2) is 18.8 Å². The second-order valence-electron chi connectivity index (χ2n) is 4.28. The standard InChI is InChI=1S/C11H25N3O/c1-2-3-4-7-10-11(15-10)8-5-6-9-13-14-12/h10-11,13-14H,2-9,12H2,1H3. The van der Waals surface area contributed by atoms with E-state index in [1.165, 1.54) is 38.5 Å². The van der Waals surface area contributed by atoms with Crippen LogP contribution in [0.4, 0.5) is 0 Å². The molecule has 1 rings (SSSR count). The third kappa shape index (κ3) is 6.10. The molecular formula is C11H25N3O. The Labute approximate surface area is 92.9 Å². The van der Waals surface area contributed by atoms with Crippen molar-refractivity contribution >= 4 is 0 Å². The summed E-state index contributed by atoms with van der Waals surface area (Å²) in [4.78, 5) is 0. The number of hydrogen-bond acceptors (Lipinski definition) is 4. The van der Waals surface area contributed by atoms with Crippen molar-refractivity contribution in [2.75, 3.05) is 6.54 Å². The maximum atomic E-state index is 5.61. The first-order valence-electron chi connectivity index (χ1n) is 6.22. The molecule has 15 heavy (non-hydrogen) atoms. The number of ether oxygens (including phenoxy) is 1. The molecule has 0 aliphatic carbocycles. The Morgan fingerprint density at radius 3 is 2.33 bits per heavy atom. The molecule has 90 valence electrons. The lowest BCUT2D eigenvalue weighted by Crippen LogP contribution is -2.38. The fourth-order valence-corrected chi connectivity index (χ4v) is 1.91. The largest absolute Gasteiger partial charge is 0.370 e. The summed E-state index contributed by atoms with van der Waals surface area (Å²) in [5, 5.41) is 0. The van der Waals surface area contributed by atoms with Crippen molar-refractivity contribution in [3.63, 3.8) is 0 Å². The first-order valence-corrected chi connectivity index (χ1v) is 6.22. The summed E-state index contributed by atoms with van der Waals surface area (Å²) in [5.74, 6) is 5.09. The molecule has 0 aromatic rings. The first-order chi connectivity index (χ1) is 7.38. The van der Waals surface area contributed by atoms with E-state index in [1.54, 1.807) is 0 Å². The highest BCUT2D eigenvalue weighted by molar-refractivity contribution is 4.84. The zero-order chi connectivity index (χ0) is 10.9. The van der Waals surface area contributed by atoms with E-state index in [9.17, 15) is 0 Å². The van der Waals surface area contributed by atoms with Crippen LogP contribution in [0.3, 0.4) is 0 Å². The van der Waals surface area contributed by atoms with E-state index in [0.717, 1.165) is 13.0 Å². The van der Waals surface area contributed by atoms with Crippen molar-refractivity contribution in [1.82, 2.24) is 11.0 Å². The van der Waals surface area contributed by atoms with E-state index in [0.29, 0.717) is 12.2 Å². The van der Waals surface area contributed by atoms with Crippen LogP contribution in [0.5, 0.6) is 0 Å². The smallest absolute Gasteiger partial charge is 0.0841 e. The van der Waals surface area contributed by atoms with Gasteiger partial charge in [0.2, 0.25) is 0 Å². The maximum absolute atomic E-state index is 5.61. The van der Waals surface area contributed by atoms with Crippen LogP contribution in [0, 0.1) is 0 Å². The number of hydrogen-bond donors (Lipinski definition) is 3. The van der Waals surface area contributed by atoms with Gasteiger partial charge in [-0.25, -0.2) is 5.43 Å². The summed E-state index contributed by atoms with van der Waals surface area (Å²) in [6.45, 7) is 3.17. The summed E-state index contributed by atoms with van der Waals surface area (Å²) in [6, 6.07) is 0. The summed E-state index contributed by atoms with van der Waals surface area (Å²) in [7, 11) is 0. The molecule has 2 unspecified atom stereocenters. The van der Waals surface area contributed by atoms with E-state index in [-0.39, 0.29) is 0 Å². The highest BCUT2D eigenvalue weighted by Crippen LogP contribution is 2.31. The summed E-state index contributed by atoms with van der Waals surface area (Å²) in [5.41, 5.74) is 5.32. The van der Waals surface area contributed by atoms with Gasteiger partial charge in [-0.3, -0.25) is 5.84 Å². The Morgan fingerprint density at radius 1 is 1.07 bits per heavy atom. The number of nitrogens with two attached hydrogens (primary N) is 1. The van der Waals surface area contributed by atoms with Gasteiger partial charge in [-0.15, -0.1) is 0 Å². The second-order valence-corrected chi connectivity index (χ2v) is 4.28. The van der Waals surface area contributed by atoms with Gasteiger partial charge in [0.05, 0.1) is 12.2 Å². The zero-order valence-corrected chi connectivity index (χ0v) is 9.80. The highest BCUT2D eigenvalue weighted by Gasteiger charge is 2.36. The Balaban J connectivity index is 1.80. The summed E-state index contributed by atoms with van der Waals surface area (Å²) in [6.07, 6.45) is 9.98. The number of hydrazine groups is 2. The van der Waals surface area contributed by atoms with Crippen molar-refractivity contribution in [1.29, 1.82) is 0 Å². The van der Waals surface area contributed by atoms with Crippen LogP contribution in [0.25, 0.3) is 0 Å². The van der Waals surface area contributed by atoms with Crippen LogP contribution in [0.15, 0.2) is 0 Å². The van der Waals surface area contributed by atoms with E-state index in [4.69, 9.17) is 10.6 Å². The Bertz CT molecular complexity index is 155. The van der Waals surface area contributed by atoms with Gasteiger partial charge in [0.15, 0.2) is 0 Å². The Morgan fingerprint density at radius 2 is 1.73 bits per heavy atom. The zero-order valence-electron chi connectivity index (χ0n) is 9.80. The molecule has 0 spiro atoms. The van der Waals surface area contributed by atoms with Gasteiger partial charge in [-0.2, -0.15) is 5.53 Å². The topological polar surface area (TPSA) is 62.6 Å². The van der Waals surface area contributed by atoms with Crippen molar-refractivity contribution in [2.45, 2.75) is 64.1 Å². The monoisotopic (exact) mass is 215 g/mol. The lowest BCUT2D eigenvalue weighted by atomic mass is 10.1. The minimum Gasteiger partial charge on any atom is -0.370 e. The molecule has 0 aromatic heterocycles. The molecule has 0 radical (unpaired) electrons. The molecule has 4 N–H and O–H groups in total. The summed E-state index contributed by atoms with van der Waals surface area (Å²) < 4.78 is 5.61. The Kier molecular flexibility index (Phi) is 6.92. The van der Waals surface area contributed by atoms with Gasteiger partial charge >= 0.3 is 0 Å². The van der Waals surface area contributed by atoms with Crippen LogP contribution >= 0.6 is 0 Å². The number of unbranched alkanes of at least 4 members (excludes halogenated alkanes) is 3. The van der Waals surface area contributed by atoms with E-state index < -0.39 is 0 Å². The van der Waals surface area contributed by atoms with Gasteiger partial charge < -0.3 is 4.74 Å². The number of nitrogens with one attached hydrogen (secondary N) is 2. The second kappa shape index (κ2) is 8.05. The summed E-state index contributed by atoms with van der Waals surface area (Å²) >= 11 is 0. The lowest BCUT2D eigenvalue weighted by Gasteiger charge is -2.00. The van der Waals surface area contributed by atoms with Crippen LogP contribution in [0.1, 0.15) is 51.9 Å². The van der Waals surface area contributed by atoms with Crippen molar-refractivity contribution < 1.29 is 4.74 Å². The molecule has 2 atom stereocenters. The predicted molar refractivity (Wildman–Crippen MR) is 62.0 cm³/mol. The molecule has 1 fully saturated rings. The fraction of sp³-hybridized carbons (Fsp3) is 1.00. The lowest BCUT2D eigenvalue weighted by molar-refractivity contribution is 0.348. The molecule has 1 saturated heterocycles. The molecule has 4 heteroatoms. The molecule has 0 aromatic carbocycles. The number of rotatable bonds is 10. The van der Waals surface area contributed by atoms with Gasteiger partial charge in [-0.1, -0.05) is 26.2 Å².